The van der Waals surface area contributed by atoms with Crippen LogP contribution in [-0.2, 0) is 14.3 Å². The maximum absolute atomic E-state index is 11.7. The van der Waals surface area contributed by atoms with E-state index in [9.17, 15) is 4.79 Å². The van der Waals surface area contributed by atoms with Crippen LogP contribution >= 0.6 is 11.6 Å². The lowest BCUT2D eigenvalue weighted by atomic mass is 10.2. The number of carbonyl (C=O) groups excluding carboxylic acids is 1. The summed E-state index contributed by atoms with van der Waals surface area (Å²) in [5.41, 5.74) is 6.72. The lowest BCUT2D eigenvalue weighted by Crippen LogP contribution is -2.20. The molecular formula is C14H21ClN2O3. The van der Waals surface area contributed by atoms with E-state index in [1.165, 1.54) is 0 Å². The van der Waals surface area contributed by atoms with Gasteiger partial charge in [0.2, 0.25) is 5.91 Å². The summed E-state index contributed by atoms with van der Waals surface area (Å²) in [6.07, 6.45) is 0.257. The number of halogens is 1. The van der Waals surface area contributed by atoms with Crippen LogP contribution in [0.15, 0.2) is 18.2 Å². The van der Waals surface area contributed by atoms with Crippen LogP contribution in [0.1, 0.15) is 20.3 Å². The highest BCUT2D eigenvalue weighted by atomic mass is 35.5. The van der Waals surface area contributed by atoms with Crippen LogP contribution in [0.25, 0.3) is 0 Å². The molecular weight excluding hydrogens is 280 g/mol. The standard InChI is InChI=1S/C14H21ClN2O3/c1-3-19-9-10(2)20-7-6-14(18)17-11-4-5-12(15)13(16)8-11/h4-5,8,10H,3,6-7,9,16H2,1-2H3,(H,17,18). The second-order valence-electron chi connectivity index (χ2n) is 4.38. The third kappa shape index (κ3) is 6.23. The van der Waals surface area contributed by atoms with Crippen molar-refractivity contribution >= 4 is 28.9 Å². The Hall–Kier alpha value is -1.30. The van der Waals surface area contributed by atoms with Crippen molar-refractivity contribution < 1.29 is 14.3 Å². The van der Waals surface area contributed by atoms with Gasteiger partial charge in [-0.25, -0.2) is 0 Å². The first-order valence-electron chi connectivity index (χ1n) is 6.57. The van der Waals surface area contributed by atoms with E-state index in [2.05, 4.69) is 5.32 Å². The Morgan fingerprint density at radius 1 is 1.50 bits per heavy atom. The summed E-state index contributed by atoms with van der Waals surface area (Å²) in [4.78, 5) is 11.7. The molecule has 0 bridgehead atoms. The fourth-order valence-corrected chi connectivity index (χ4v) is 1.65. The predicted octanol–water partition coefficient (Wildman–Crippen LogP) is 2.69. The van der Waals surface area contributed by atoms with Crippen molar-refractivity contribution in [3.05, 3.63) is 23.2 Å². The van der Waals surface area contributed by atoms with Crippen molar-refractivity contribution in [2.45, 2.75) is 26.4 Å². The molecule has 1 unspecified atom stereocenters. The number of ether oxygens (including phenoxy) is 2. The Morgan fingerprint density at radius 3 is 2.90 bits per heavy atom. The van der Waals surface area contributed by atoms with E-state index in [-0.39, 0.29) is 18.4 Å². The fraction of sp³-hybridized carbons (Fsp3) is 0.500. The number of rotatable bonds is 8. The van der Waals surface area contributed by atoms with Crippen molar-refractivity contribution in [2.24, 2.45) is 0 Å². The zero-order chi connectivity index (χ0) is 15.0. The number of amides is 1. The molecule has 5 nitrogen and oxygen atoms in total. The first-order valence-corrected chi connectivity index (χ1v) is 6.95. The number of hydrogen-bond acceptors (Lipinski definition) is 4. The molecule has 0 saturated carbocycles. The summed E-state index contributed by atoms with van der Waals surface area (Å²) < 4.78 is 10.7. The van der Waals surface area contributed by atoms with Gasteiger partial charge in [0.05, 0.1) is 36.4 Å². The molecule has 0 aromatic heterocycles. The summed E-state index contributed by atoms with van der Waals surface area (Å²) in [5.74, 6) is -0.129. The summed E-state index contributed by atoms with van der Waals surface area (Å²) >= 11 is 5.81. The maximum atomic E-state index is 11.7. The molecule has 1 rings (SSSR count). The summed E-state index contributed by atoms with van der Waals surface area (Å²) in [6.45, 7) is 5.38. The molecule has 1 aromatic carbocycles. The van der Waals surface area contributed by atoms with Gasteiger partial charge in [-0.05, 0) is 32.0 Å². The van der Waals surface area contributed by atoms with Crippen molar-refractivity contribution in [3.8, 4) is 0 Å². The van der Waals surface area contributed by atoms with Crippen LogP contribution in [0.2, 0.25) is 5.02 Å². The van der Waals surface area contributed by atoms with E-state index in [1.54, 1.807) is 18.2 Å². The van der Waals surface area contributed by atoms with Gasteiger partial charge in [0, 0.05) is 12.3 Å². The van der Waals surface area contributed by atoms with Crippen LogP contribution in [-0.4, -0.2) is 31.8 Å². The molecule has 0 fully saturated rings. The Morgan fingerprint density at radius 2 is 2.25 bits per heavy atom. The lowest BCUT2D eigenvalue weighted by Gasteiger charge is -2.12. The quantitative estimate of drug-likeness (QED) is 0.724. The zero-order valence-electron chi connectivity index (χ0n) is 11.8. The number of nitrogens with one attached hydrogen (secondary N) is 1. The normalized spacial score (nSPS) is 12.2. The Kier molecular flexibility index (Phi) is 7.36. The van der Waals surface area contributed by atoms with E-state index >= 15 is 0 Å². The Bertz CT molecular complexity index is 440. The molecule has 3 N–H and O–H groups in total. The summed E-state index contributed by atoms with van der Waals surface area (Å²) in [6, 6.07) is 4.97. The van der Waals surface area contributed by atoms with Gasteiger partial charge in [-0.1, -0.05) is 11.6 Å². The average molecular weight is 301 g/mol. The Labute approximate surface area is 124 Å². The molecule has 112 valence electrons. The monoisotopic (exact) mass is 300 g/mol. The topological polar surface area (TPSA) is 73.6 Å². The molecule has 0 aliphatic carbocycles. The zero-order valence-corrected chi connectivity index (χ0v) is 12.6. The molecule has 1 amide bonds. The number of nitrogen functional groups attached to an aromatic ring is 1. The minimum atomic E-state index is -0.129. The van der Waals surface area contributed by atoms with Crippen LogP contribution in [0.5, 0.6) is 0 Å². The van der Waals surface area contributed by atoms with Crippen molar-refractivity contribution in [2.75, 3.05) is 30.9 Å². The van der Waals surface area contributed by atoms with Crippen LogP contribution in [0.3, 0.4) is 0 Å². The lowest BCUT2D eigenvalue weighted by molar-refractivity contribution is -0.118. The second-order valence-corrected chi connectivity index (χ2v) is 4.78. The third-order valence-electron chi connectivity index (χ3n) is 2.57. The summed E-state index contributed by atoms with van der Waals surface area (Å²) in [5, 5.41) is 3.21. The van der Waals surface area contributed by atoms with Crippen molar-refractivity contribution in [1.29, 1.82) is 0 Å². The molecule has 0 radical (unpaired) electrons. The summed E-state index contributed by atoms with van der Waals surface area (Å²) in [7, 11) is 0. The molecule has 20 heavy (non-hydrogen) atoms. The fourth-order valence-electron chi connectivity index (χ4n) is 1.53. The first kappa shape index (κ1) is 16.8. The minimum absolute atomic E-state index is 0.0195. The minimum Gasteiger partial charge on any atom is -0.397 e. The van der Waals surface area contributed by atoms with E-state index in [1.807, 2.05) is 13.8 Å². The van der Waals surface area contributed by atoms with E-state index < -0.39 is 0 Å². The van der Waals surface area contributed by atoms with Gasteiger partial charge in [0.25, 0.3) is 0 Å². The average Bonchev–Trinajstić information content (AvgIpc) is 2.40. The highest BCUT2D eigenvalue weighted by molar-refractivity contribution is 6.33. The van der Waals surface area contributed by atoms with Crippen molar-refractivity contribution in [3.63, 3.8) is 0 Å². The number of nitrogens with two attached hydrogens (primary N) is 1. The smallest absolute Gasteiger partial charge is 0.226 e. The van der Waals surface area contributed by atoms with Gasteiger partial charge in [-0.15, -0.1) is 0 Å². The highest BCUT2D eigenvalue weighted by Crippen LogP contribution is 2.22. The molecule has 0 heterocycles. The van der Waals surface area contributed by atoms with Gasteiger partial charge in [-0.2, -0.15) is 0 Å². The van der Waals surface area contributed by atoms with E-state index in [0.29, 0.717) is 36.2 Å². The Balaban J connectivity index is 2.28. The van der Waals surface area contributed by atoms with Gasteiger partial charge >= 0.3 is 0 Å². The van der Waals surface area contributed by atoms with Gasteiger partial charge in [0.15, 0.2) is 0 Å². The van der Waals surface area contributed by atoms with Gasteiger partial charge < -0.3 is 20.5 Å². The maximum Gasteiger partial charge on any atom is 0.226 e. The van der Waals surface area contributed by atoms with Crippen LogP contribution < -0.4 is 11.1 Å². The largest absolute Gasteiger partial charge is 0.397 e. The molecule has 0 aliphatic rings. The second kappa shape index (κ2) is 8.79. The first-order chi connectivity index (χ1) is 9.52. The molecule has 0 aliphatic heterocycles. The van der Waals surface area contributed by atoms with E-state index in [4.69, 9.17) is 26.8 Å². The number of benzene rings is 1. The number of hydrogen-bond donors (Lipinski definition) is 2. The molecule has 1 atom stereocenters. The van der Waals surface area contributed by atoms with Crippen molar-refractivity contribution in [1.82, 2.24) is 0 Å². The predicted molar refractivity (Wildman–Crippen MR) is 81.0 cm³/mol. The van der Waals surface area contributed by atoms with E-state index in [0.717, 1.165) is 0 Å². The molecule has 0 saturated heterocycles. The SMILES string of the molecule is CCOCC(C)OCCC(=O)Nc1ccc(Cl)c(N)c1. The molecule has 1 aromatic rings. The molecule has 6 heteroatoms. The number of carbonyl (C=O) groups is 1. The molecule has 0 spiro atoms. The third-order valence-corrected chi connectivity index (χ3v) is 2.91. The van der Waals surface area contributed by atoms with Crippen LogP contribution in [0.4, 0.5) is 11.4 Å². The van der Waals surface area contributed by atoms with Gasteiger partial charge in [-0.3, -0.25) is 4.79 Å². The van der Waals surface area contributed by atoms with Gasteiger partial charge in [0.1, 0.15) is 0 Å². The number of anilines is 2. The highest BCUT2D eigenvalue weighted by Gasteiger charge is 2.06. The van der Waals surface area contributed by atoms with Crippen LogP contribution in [0, 0.1) is 0 Å².